The van der Waals surface area contributed by atoms with Crippen LogP contribution in [0.3, 0.4) is 0 Å². The first kappa shape index (κ1) is 16.7. The van der Waals surface area contributed by atoms with Crippen molar-refractivity contribution in [1.29, 1.82) is 0 Å². The molecule has 0 saturated carbocycles. The predicted molar refractivity (Wildman–Crippen MR) is 95.3 cm³/mol. The van der Waals surface area contributed by atoms with Gasteiger partial charge < -0.3 is 15.4 Å². The van der Waals surface area contributed by atoms with E-state index in [1.54, 1.807) is 7.11 Å². The fourth-order valence-electron chi connectivity index (χ4n) is 3.36. The van der Waals surface area contributed by atoms with E-state index in [0.29, 0.717) is 18.7 Å². The van der Waals surface area contributed by atoms with Gasteiger partial charge in [-0.2, -0.15) is 0 Å². The van der Waals surface area contributed by atoms with E-state index in [2.05, 4.69) is 18.8 Å². The van der Waals surface area contributed by atoms with Crippen LogP contribution in [0.15, 0.2) is 24.3 Å². The summed E-state index contributed by atoms with van der Waals surface area (Å²) in [5, 5.41) is 0.831. The van der Waals surface area contributed by atoms with E-state index in [4.69, 9.17) is 10.5 Å². The molecule has 5 heteroatoms. The summed E-state index contributed by atoms with van der Waals surface area (Å²) in [5.41, 5.74) is 8.45. The summed E-state index contributed by atoms with van der Waals surface area (Å²) in [6.07, 6.45) is 0.823. The summed E-state index contributed by atoms with van der Waals surface area (Å²) >= 11 is 0. The highest BCUT2D eigenvalue weighted by atomic mass is 16.5. The topological polar surface area (TPSA) is 68.5 Å². The van der Waals surface area contributed by atoms with Crippen LogP contribution < -0.4 is 10.5 Å². The van der Waals surface area contributed by atoms with E-state index < -0.39 is 0 Å². The van der Waals surface area contributed by atoms with Gasteiger partial charge in [-0.3, -0.25) is 9.78 Å². The molecule has 0 bridgehead atoms. The zero-order valence-corrected chi connectivity index (χ0v) is 14.8. The molecule has 2 heterocycles. The lowest BCUT2D eigenvalue weighted by atomic mass is 9.79. The summed E-state index contributed by atoms with van der Waals surface area (Å²) in [6, 6.07) is 7.64. The molecule has 128 valence electrons. The van der Waals surface area contributed by atoms with Gasteiger partial charge in [-0.1, -0.05) is 13.8 Å². The summed E-state index contributed by atoms with van der Waals surface area (Å²) in [7, 11) is 1.62. The first-order valence-corrected chi connectivity index (χ1v) is 8.32. The number of fused-ring (bicyclic) bond motifs is 1. The van der Waals surface area contributed by atoms with Crippen LogP contribution in [-0.4, -0.2) is 42.0 Å². The van der Waals surface area contributed by atoms with E-state index in [-0.39, 0.29) is 17.4 Å². The Morgan fingerprint density at radius 1 is 1.38 bits per heavy atom. The molecule has 1 amide bonds. The number of likely N-dealkylation sites (tertiary alicyclic amines) is 1. The lowest BCUT2D eigenvalue weighted by molar-refractivity contribution is 0.0534. The number of amides is 1. The highest BCUT2D eigenvalue weighted by molar-refractivity contribution is 6.06. The minimum absolute atomic E-state index is 0.0405. The molecule has 2 aromatic rings. The Morgan fingerprint density at radius 3 is 2.79 bits per heavy atom. The first-order chi connectivity index (χ1) is 11.3. The standard InChI is InChI=1S/C19H25N3O2/c1-12-9-15(14-10-13(24-4)5-6-16(14)21-12)18(23)22-8-7-17(20)19(2,3)11-22/h5-6,9-10,17H,7-8,11,20H2,1-4H3. The smallest absolute Gasteiger partial charge is 0.254 e. The maximum Gasteiger partial charge on any atom is 0.254 e. The van der Waals surface area contributed by atoms with Gasteiger partial charge >= 0.3 is 0 Å². The number of nitrogens with two attached hydrogens (primary N) is 1. The molecule has 5 nitrogen and oxygen atoms in total. The van der Waals surface area contributed by atoms with Crippen molar-refractivity contribution in [3.8, 4) is 5.75 Å². The number of hydrogen-bond donors (Lipinski definition) is 1. The number of rotatable bonds is 2. The normalized spacial score (nSPS) is 20.2. The van der Waals surface area contributed by atoms with Crippen molar-refractivity contribution in [3.05, 3.63) is 35.5 Å². The van der Waals surface area contributed by atoms with Gasteiger partial charge in [0.2, 0.25) is 0 Å². The van der Waals surface area contributed by atoms with Crippen molar-refractivity contribution in [1.82, 2.24) is 9.88 Å². The summed E-state index contributed by atoms with van der Waals surface area (Å²) in [6.45, 7) is 7.51. The van der Waals surface area contributed by atoms with Crippen molar-refractivity contribution in [2.45, 2.75) is 33.2 Å². The quantitative estimate of drug-likeness (QED) is 0.921. The number of methoxy groups -OCH3 is 1. The van der Waals surface area contributed by atoms with E-state index in [9.17, 15) is 4.79 Å². The molecule has 24 heavy (non-hydrogen) atoms. The number of pyridine rings is 1. The number of hydrogen-bond acceptors (Lipinski definition) is 4. The van der Waals surface area contributed by atoms with Crippen LogP contribution in [-0.2, 0) is 0 Å². The van der Waals surface area contributed by atoms with Crippen LogP contribution >= 0.6 is 0 Å². The molecular weight excluding hydrogens is 302 g/mol. The zero-order valence-electron chi connectivity index (χ0n) is 14.8. The van der Waals surface area contributed by atoms with Crippen LogP contribution in [0, 0.1) is 12.3 Å². The monoisotopic (exact) mass is 327 g/mol. The third kappa shape index (κ3) is 2.96. The van der Waals surface area contributed by atoms with Crippen molar-refractivity contribution in [3.63, 3.8) is 0 Å². The van der Waals surface area contributed by atoms with Gasteiger partial charge in [-0.25, -0.2) is 0 Å². The average molecular weight is 327 g/mol. The number of ether oxygens (including phenoxy) is 1. The fraction of sp³-hybridized carbons (Fsp3) is 0.474. The molecule has 0 aliphatic carbocycles. The van der Waals surface area contributed by atoms with Crippen LogP contribution in [0.4, 0.5) is 0 Å². The number of aryl methyl sites for hydroxylation is 1. The van der Waals surface area contributed by atoms with Crippen molar-refractivity contribution in [2.75, 3.05) is 20.2 Å². The second kappa shape index (κ2) is 6.06. The zero-order chi connectivity index (χ0) is 17.5. The minimum atomic E-state index is -0.0799. The summed E-state index contributed by atoms with van der Waals surface area (Å²) in [4.78, 5) is 19.6. The number of nitrogens with zero attached hydrogens (tertiary/aromatic N) is 2. The molecule has 1 saturated heterocycles. The van der Waals surface area contributed by atoms with Gasteiger partial charge in [0.25, 0.3) is 5.91 Å². The number of piperidine rings is 1. The lowest BCUT2D eigenvalue weighted by Gasteiger charge is -2.42. The average Bonchev–Trinajstić information content (AvgIpc) is 2.55. The molecule has 1 aromatic carbocycles. The second-order valence-electron chi connectivity index (χ2n) is 7.30. The minimum Gasteiger partial charge on any atom is -0.497 e. The van der Waals surface area contributed by atoms with E-state index in [0.717, 1.165) is 28.8 Å². The molecule has 2 N–H and O–H groups in total. The third-order valence-corrected chi connectivity index (χ3v) is 4.97. The van der Waals surface area contributed by atoms with Gasteiger partial charge in [0.1, 0.15) is 5.75 Å². The molecule has 1 aromatic heterocycles. The number of carbonyl (C=O) groups excluding carboxylic acids is 1. The molecule has 1 unspecified atom stereocenters. The second-order valence-corrected chi connectivity index (χ2v) is 7.30. The Kier molecular flexibility index (Phi) is 4.22. The lowest BCUT2D eigenvalue weighted by Crippen LogP contribution is -2.54. The Balaban J connectivity index is 2.03. The molecule has 3 rings (SSSR count). The maximum atomic E-state index is 13.2. The maximum absolute atomic E-state index is 13.2. The van der Waals surface area contributed by atoms with E-state index >= 15 is 0 Å². The largest absolute Gasteiger partial charge is 0.497 e. The Morgan fingerprint density at radius 2 is 2.12 bits per heavy atom. The third-order valence-electron chi connectivity index (χ3n) is 4.97. The van der Waals surface area contributed by atoms with Gasteiger partial charge in [0.15, 0.2) is 0 Å². The summed E-state index contributed by atoms with van der Waals surface area (Å²) in [5.74, 6) is 0.766. The first-order valence-electron chi connectivity index (χ1n) is 8.32. The van der Waals surface area contributed by atoms with Gasteiger partial charge in [-0.15, -0.1) is 0 Å². The van der Waals surface area contributed by atoms with Gasteiger partial charge in [0, 0.05) is 30.2 Å². The number of carbonyl (C=O) groups is 1. The SMILES string of the molecule is COc1ccc2nc(C)cc(C(=O)N3CCC(N)C(C)(C)C3)c2c1. The van der Waals surface area contributed by atoms with Crippen molar-refractivity contribution in [2.24, 2.45) is 11.1 Å². The van der Waals surface area contributed by atoms with Crippen LogP contribution in [0.2, 0.25) is 0 Å². The molecule has 0 spiro atoms. The van der Waals surface area contributed by atoms with Gasteiger partial charge in [-0.05, 0) is 43.0 Å². The molecule has 0 radical (unpaired) electrons. The Labute approximate surface area is 142 Å². The van der Waals surface area contributed by atoms with Crippen LogP contribution in [0.25, 0.3) is 10.9 Å². The van der Waals surface area contributed by atoms with Crippen LogP contribution in [0.1, 0.15) is 36.3 Å². The van der Waals surface area contributed by atoms with Gasteiger partial charge in [0.05, 0.1) is 18.2 Å². The molecule has 1 fully saturated rings. The molecular formula is C19H25N3O2. The highest BCUT2D eigenvalue weighted by Crippen LogP contribution is 2.30. The molecule has 1 aliphatic heterocycles. The molecule has 1 atom stereocenters. The highest BCUT2D eigenvalue weighted by Gasteiger charge is 2.36. The number of benzene rings is 1. The Bertz CT molecular complexity index is 786. The Hall–Kier alpha value is -2.14. The van der Waals surface area contributed by atoms with Crippen molar-refractivity contribution >= 4 is 16.8 Å². The summed E-state index contributed by atoms with van der Waals surface area (Å²) < 4.78 is 5.31. The predicted octanol–water partition coefficient (Wildman–Crippen LogP) is 2.75. The number of aromatic nitrogens is 1. The van der Waals surface area contributed by atoms with E-state index in [1.807, 2.05) is 36.1 Å². The fourth-order valence-corrected chi connectivity index (χ4v) is 3.36. The van der Waals surface area contributed by atoms with Crippen LogP contribution in [0.5, 0.6) is 5.75 Å². The van der Waals surface area contributed by atoms with E-state index in [1.165, 1.54) is 0 Å². The van der Waals surface area contributed by atoms with Crippen molar-refractivity contribution < 1.29 is 9.53 Å². The molecule has 1 aliphatic rings.